The Kier molecular flexibility index (Phi) is 3.77. The van der Waals surface area contributed by atoms with Gasteiger partial charge in [-0.25, -0.2) is 4.39 Å². The fourth-order valence-corrected chi connectivity index (χ4v) is 1.96. The van der Waals surface area contributed by atoms with Gasteiger partial charge in [-0.2, -0.15) is 4.98 Å². The maximum atomic E-state index is 13.0. The van der Waals surface area contributed by atoms with Crippen molar-refractivity contribution in [2.75, 3.05) is 0 Å². The average molecular weight is 314 g/mol. The summed E-state index contributed by atoms with van der Waals surface area (Å²) < 4.78 is 18.7. The highest BCUT2D eigenvalue weighted by Crippen LogP contribution is 2.28. The van der Waals surface area contributed by atoms with E-state index in [1.165, 1.54) is 12.1 Å². The molecule has 0 aliphatic rings. The standard InChI is InChI=1S/C12H13BrFN3O/c1-6(2)10(15)12-16-11(17-18-12)8-4-3-7(14)5-9(8)13/h3-6,10H,15H2,1-2H3. The Morgan fingerprint density at radius 1 is 1.39 bits per heavy atom. The Labute approximate surface area is 113 Å². The summed E-state index contributed by atoms with van der Waals surface area (Å²) in [5.41, 5.74) is 6.59. The molecule has 0 aliphatic carbocycles. The van der Waals surface area contributed by atoms with Crippen molar-refractivity contribution in [3.8, 4) is 11.4 Å². The van der Waals surface area contributed by atoms with Gasteiger partial charge in [0.1, 0.15) is 5.82 Å². The SMILES string of the molecule is CC(C)C(N)c1nc(-c2ccc(F)cc2Br)no1. The molecule has 0 radical (unpaired) electrons. The number of aromatic nitrogens is 2. The highest BCUT2D eigenvalue weighted by molar-refractivity contribution is 9.10. The number of hydrogen-bond donors (Lipinski definition) is 1. The lowest BCUT2D eigenvalue weighted by molar-refractivity contribution is 0.325. The van der Waals surface area contributed by atoms with Crippen LogP contribution < -0.4 is 5.73 Å². The second-order valence-corrected chi connectivity index (χ2v) is 5.20. The van der Waals surface area contributed by atoms with Crippen molar-refractivity contribution < 1.29 is 8.91 Å². The van der Waals surface area contributed by atoms with Crippen LogP contribution in [0.4, 0.5) is 4.39 Å². The van der Waals surface area contributed by atoms with Gasteiger partial charge in [-0.1, -0.05) is 19.0 Å². The molecule has 1 aromatic heterocycles. The molecule has 1 unspecified atom stereocenters. The van der Waals surface area contributed by atoms with E-state index >= 15 is 0 Å². The number of nitrogens with two attached hydrogens (primary N) is 1. The van der Waals surface area contributed by atoms with E-state index in [-0.39, 0.29) is 17.8 Å². The second-order valence-electron chi connectivity index (χ2n) is 4.35. The number of halogens is 2. The molecule has 1 aromatic carbocycles. The summed E-state index contributed by atoms with van der Waals surface area (Å²) in [6, 6.07) is 3.99. The number of nitrogens with zero attached hydrogens (tertiary/aromatic N) is 2. The predicted octanol–water partition coefficient (Wildman–Crippen LogP) is 3.29. The first-order valence-electron chi connectivity index (χ1n) is 5.53. The Hall–Kier alpha value is -1.27. The zero-order valence-electron chi connectivity index (χ0n) is 10.0. The topological polar surface area (TPSA) is 64.9 Å². The minimum atomic E-state index is -0.326. The molecule has 0 fully saturated rings. The third-order valence-electron chi connectivity index (χ3n) is 2.62. The van der Waals surface area contributed by atoms with Crippen LogP contribution in [0.5, 0.6) is 0 Å². The summed E-state index contributed by atoms with van der Waals surface area (Å²) in [7, 11) is 0. The van der Waals surface area contributed by atoms with Crippen LogP contribution >= 0.6 is 15.9 Å². The van der Waals surface area contributed by atoms with Gasteiger partial charge in [0.05, 0.1) is 6.04 Å². The molecule has 2 rings (SSSR count). The minimum absolute atomic E-state index is 0.204. The smallest absolute Gasteiger partial charge is 0.244 e. The summed E-state index contributed by atoms with van der Waals surface area (Å²) in [6.45, 7) is 3.95. The number of hydrogen-bond acceptors (Lipinski definition) is 4. The van der Waals surface area contributed by atoms with E-state index in [0.29, 0.717) is 21.8 Å². The first-order valence-corrected chi connectivity index (χ1v) is 6.33. The minimum Gasteiger partial charge on any atom is -0.337 e. The van der Waals surface area contributed by atoms with Crippen molar-refractivity contribution in [3.05, 3.63) is 34.4 Å². The lowest BCUT2D eigenvalue weighted by Crippen LogP contribution is -2.16. The molecule has 0 aliphatic heterocycles. The van der Waals surface area contributed by atoms with E-state index < -0.39 is 0 Å². The van der Waals surface area contributed by atoms with Gasteiger partial charge in [-0.15, -0.1) is 0 Å². The van der Waals surface area contributed by atoms with Gasteiger partial charge in [0.25, 0.3) is 0 Å². The third-order valence-corrected chi connectivity index (χ3v) is 3.27. The molecule has 0 spiro atoms. The lowest BCUT2D eigenvalue weighted by atomic mass is 10.1. The van der Waals surface area contributed by atoms with E-state index in [1.807, 2.05) is 13.8 Å². The monoisotopic (exact) mass is 313 g/mol. The first-order chi connectivity index (χ1) is 8.49. The molecule has 0 bridgehead atoms. The van der Waals surface area contributed by atoms with Crippen molar-refractivity contribution in [1.82, 2.24) is 10.1 Å². The molecule has 2 N–H and O–H groups in total. The normalized spacial score (nSPS) is 13.0. The summed E-state index contributed by atoms with van der Waals surface area (Å²) in [6.07, 6.45) is 0. The van der Waals surface area contributed by atoms with Crippen molar-refractivity contribution in [3.63, 3.8) is 0 Å². The average Bonchev–Trinajstić information content (AvgIpc) is 2.77. The Bertz CT molecular complexity index is 556. The van der Waals surface area contributed by atoms with Gasteiger partial charge in [0.2, 0.25) is 11.7 Å². The van der Waals surface area contributed by atoms with Gasteiger partial charge < -0.3 is 10.3 Å². The summed E-state index contributed by atoms with van der Waals surface area (Å²) in [4.78, 5) is 4.24. The van der Waals surface area contributed by atoms with E-state index in [2.05, 4.69) is 26.1 Å². The van der Waals surface area contributed by atoms with Crippen LogP contribution in [0.3, 0.4) is 0 Å². The van der Waals surface area contributed by atoms with E-state index in [1.54, 1.807) is 6.07 Å². The Balaban J connectivity index is 2.35. The largest absolute Gasteiger partial charge is 0.337 e. The quantitative estimate of drug-likeness (QED) is 0.944. The summed E-state index contributed by atoms with van der Waals surface area (Å²) in [5, 5.41) is 3.86. The van der Waals surface area contributed by atoms with Gasteiger partial charge >= 0.3 is 0 Å². The molecule has 1 atom stereocenters. The predicted molar refractivity (Wildman–Crippen MR) is 69.2 cm³/mol. The fraction of sp³-hybridized carbons (Fsp3) is 0.333. The molecule has 96 valence electrons. The van der Waals surface area contributed by atoms with Crippen LogP contribution in [0.25, 0.3) is 11.4 Å². The Morgan fingerprint density at radius 3 is 2.72 bits per heavy atom. The number of benzene rings is 1. The van der Waals surface area contributed by atoms with Crippen molar-refractivity contribution in [2.45, 2.75) is 19.9 Å². The highest BCUT2D eigenvalue weighted by atomic mass is 79.9. The maximum absolute atomic E-state index is 13.0. The van der Waals surface area contributed by atoms with Crippen molar-refractivity contribution in [1.29, 1.82) is 0 Å². The molecule has 18 heavy (non-hydrogen) atoms. The maximum Gasteiger partial charge on any atom is 0.244 e. The third kappa shape index (κ3) is 2.59. The van der Waals surface area contributed by atoms with Crippen LogP contribution in [-0.4, -0.2) is 10.1 Å². The van der Waals surface area contributed by atoms with E-state index in [9.17, 15) is 4.39 Å². The molecule has 2 aromatic rings. The van der Waals surface area contributed by atoms with Crippen LogP contribution in [0.15, 0.2) is 27.2 Å². The van der Waals surface area contributed by atoms with Crippen LogP contribution in [0.2, 0.25) is 0 Å². The molecular formula is C12H13BrFN3O. The molecule has 4 nitrogen and oxygen atoms in total. The summed E-state index contributed by atoms with van der Waals surface area (Å²) >= 11 is 3.27. The zero-order valence-corrected chi connectivity index (χ0v) is 11.6. The molecule has 0 saturated carbocycles. The van der Waals surface area contributed by atoms with Crippen LogP contribution in [0, 0.1) is 11.7 Å². The van der Waals surface area contributed by atoms with E-state index in [0.717, 1.165) is 0 Å². The summed E-state index contributed by atoms with van der Waals surface area (Å²) in [5.74, 6) is 0.660. The second kappa shape index (κ2) is 5.16. The van der Waals surface area contributed by atoms with Crippen molar-refractivity contribution >= 4 is 15.9 Å². The van der Waals surface area contributed by atoms with Crippen LogP contribution in [0.1, 0.15) is 25.8 Å². The Morgan fingerprint density at radius 2 is 2.11 bits per heavy atom. The number of rotatable bonds is 3. The molecular weight excluding hydrogens is 301 g/mol. The lowest BCUT2D eigenvalue weighted by Gasteiger charge is -2.09. The van der Waals surface area contributed by atoms with Gasteiger partial charge in [0, 0.05) is 10.0 Å². The van der Waals surface area contributed by atoms with E-state index in [4.69, 9.17) is 10.3 Å². The van der Waals surface area contributed by atoms with Crippen LogP contribution in [-0.2, 0) is 0 Å². The van der Waals surface area contributed by atoms with Gasteiger partial charge in [0.15, 0.2) is 0 Å². The van der Waals surface area contributed by atoms with Gasteiger partial charge in [-0.3, -0.25) is 0 Å². The van der Waals surface area contributed by atoms with Crippen molar-refractivity contribution in [2.24, 2.45) is 11.7 Å². The molecule has 1 heterocycles. The molecule has 0 amide bonds. The van der Waals surface area contributed by atoms with Gasteiger partial charge in [-0.05, 0) is 40.0 Å². The molecule has 6 heteroatoms. The zero-order chi connectivity index (χ0) is 13.3. The molecule has 0 saturated heterocycles. The highest BCUT2D eigenvalue weighted by Gasteiger charge is 2.19. The first kappa shape index (κ1) is 13.2. The fourth-order valence-electron chi connectivity index (χ4n) is 1.44.